The summed E-state index contributed by atoms with van der Waals surface area (Å²) in [5.74, 6) is 1.59. The summed E-state index contributed by atoms with van der Waals surface area (Å²) < 4.78 is 27.8. The Hall–Kier alpha value is -2.54. The Morgan fingerprint density at radius 3 is 1.81 bits per heavy atom. The SMILES string of the molecule is CN=C(NCc1ccc(CS(C)(=O)=O)cc1)NCc1ccc(OC)cc1. The lowest BCUT2D eigenvalue weighted by molar-refractivity contribution is 0.414. The summed E-state index contributed by atoms with van der Waals surface area (Å²) in [6, 6.07) is 15.4. The molecule has 0 amide bonds. The Kier molecular flexibility index (Phi) is 7.03. The monoisotopic (exact) mass is 375 g/mol. The van der Waals surface area contributed by atoms with Gasteiger partial charge in [0.25, 0.3) is 0 Å². The number of aliphatic imine (C=N–C) groups is 1. The Morgan fingerprint density at radius 1 is 0.923 bits per heavy atom. The molecule has 0 aliphatic heterocycles. The minimum atomic E-state index is -3.01. The Bertz CT molecular complexity index is 829. The first-order valence-electron chi connectivity index (χ1n) is 8.22. The van der Waals surface area contributed by atoms with Crippen molar-refractivity contribution < 1.29 is 13.2 Å². The zero-order valence-corrected chi connectivity index (χ0v) is 16.1. The number of guanidine groups is 1. The van der Waals surface area contributed by atoms with Crippen molar-refractivity contribution in [2.75, 3.05) is 20.4 Å². The molecule has 0 fully saturated rings. The Balaban J connectivity index is 1.84. The molecule has 2 rings (SSSR count). The fourth-order valence-corrected chi connectivity index (χ4v) is 3.19. The van der Waals surface area contributed by atoms with Gasteiger partial charge >= 0.3 is 0 Å². The molecular weight excluding hydrogens is 350 g/mol. The van der Waals surface area contributed by atoms with E-state index in [1.807, 2.05) is 48.5 Å². The van der Waals surface area contributed by atoms with Crippen LogP contribution in [0.4, 0.5) is 0 Å². The van der Waals surface area contributed by atoms with Crippen LogP contribution in [0.15, 0.2) is 53.5 Å². The first-order valence-corrected chi connectivity index (χ1v) is 10.3. The quantitative estimate of drug-likeness (QED) is 0.572. The minimum Gasteiger partial charge on any atom is -0.497 e. The lowest BCUT2D eigenvalue weighted by Crippen LogP contribution is -2.36. The normalized spacial score (nSPS) is 11.9. The van der Waals surface area contributed by atoms with Gasteiger partial charge in [-0.3, -0.25) is 4.99 Å². The van der Waals surface area contributed by atoms with Crippen LogP contribution in [0.25, 0.3) is 0 Å². The molecule has 26 heavy (non-hydrogen) atoms. The van der Waals surface area contributed by atoms with Gasteiger partial charge in [-0.2, -0.15) is 0 Å². The molecule has 0 saturated heterocycles. The fraction of sp³-hybridized carbons (Fsp3) is 0.316. The third-order valence-electron chi connectivity index (χ3n) is 3.75. The maximum absolute atomic E-state index is 11.3. The summed E-state index contributed by atoms with van der Waals surface area (Å²) in [5.41, 5.74) is 2.96. The van der Waals surface area contributed by atoms with Crippen molar-refractivity contribution in [2.24, 2.45) is 4.99 Å². The number of benzene rings is 2. The molecule has 0 aromatic heterocycles. The lowest BCUT2D eigenvalue weighted by atomic mass is 10.1. The highest BCUT2D eigenvalue weighted by Crippen LogP contribution is 2.11. The van der Waals surface area contributed by atoms with Crippen molar-refractivity contribution in [1.82, 2.24) is 10.6 Å². The van der Waals surface area contributed by atoms with Crippen LogP contribution in [-0.2, 0) is 28.7 Å². The third kappa shape index (κ3) is 6.76. The van der Waals surface area contributed by atoms with Crippen LogP contribution in [0, 0.1) is 0 Å². The topological polar surface area (TPSA) is 79.8 Å². The van der Waals surface area contributed by atoms with Gasteiger partial charge in [-0.15, -0.1) is 0 Å². The van der Waals surface area contributed by atoms with Gasteiger partial charge < -0.3 is 15.4 Å². The first kappa shape index (κ1) is 19.8. The number of nitrogens with one attached hydrogen (secondary N) is 2. The standard InChI is InChI=1S/C19H25N3O3S/c1-20-19(22-13-16-8-10-18(25-2)11-9-16)21-12-15-4-6-17(7-5-15)14-26(3,23)24/h4-11H,12-14H2,1-3H3,(H2,20,21,22). The summed E-state index contributed by atoms with van der Waals surface area (Å²) in [6.45, 7) is 1.25. The molecule has 0 aliphatic rings. The van der Waals surface area contributed by atoms with Crippen LogP contribution in [0.5, 0.6) is 5.75 Å². The highest BCUT2D eigenvalue weighted by atomic mass is 32.2. The van der Waals surface area contributed by atoms with Crippen molar-refractivity contribution in [3.05, 3.63) is 65.2 Å². The second-order valence-corrected chi connectivity index (χ2v) is 8.15. The molecule has 0 bridgehead atoms. The van der Waals surface area contributed by atoms with E-state index < -0.39 is 9.84 Å². The number of sulfone groups is 1. The molecule has 2 aromatic rings. The molecule has 0 unspecified atom stereocenters. The van der Waals surface area contributed by atoms with Crippen molar-refractivity contribution >= 4 is 15.8 Å². The van der Waals surface area contributed by atoms with E-state index in [9.17, 15) is 8.42 Å². The van der Waals surface area contributed by atoms with E-state index in [2.05, 4.69) is 15.6 Å². The number of nitrogens with zero attached hydrogens (tertiary/aromatic N) is 1. The molecule has 0 aliphatic carbocycles. The van der Waals surface area contributed by atoms with E-state index in [0.717, 1.165) is 22.4 Å². The van der Waals surface area contributed by atoms with Gasteiger partial charge in [0.15, 0.2) is 15.8 Å². The maximum Gasteiger partial charge on any atom is 0.191 e. The molecule has 6 nitrogen and oxygen atoms in total. The van der Waals surface area contributed by atoms with E-state index in [1.165, 1.54) is 6.26 Å². The molecule has 0 saturated carbocycles. The first-order chi connectivity index (χ1) is 12.4. The predicted octanol–water partition coefficient (Wildman–Crippen LogP) is 2.10. The van der Waals surface area contributed by atoms with Crippen molar-refractivity contribution in [3.8, 4) is 5.75 Å². The summed E-state index contributed by atoms with van der Waals surface area (Å²) in [4.78, 5) is 4.21. The average Bonchev–Trinajstić information content (AvgIpc) is 2.62. The van der Waals surface area contributed by atoms with Gasteiger partial charge in [0.05, 0.1) is 12.9 Å². The number of rotatable bonds is 7. The predicted molar refractivity (Wildman–Crippen MR) is 105 cm³/mol. The number of ether oxygens (including phenoxy) is 1. The van der Waals surface area contributed by atoms with Gasteiger partial charge in [0.1, 0.15) is 5.75 Å². The smallest absolute Gasteiger partial charge is 0.191 e. The van der Waals surface area contributed by atoms with Gasteiger partial charge in [-0.1, -0.05) is 36.4 Å². The van der Waals surface area contributed by atoms with E-state index in [1.54, 1.807) is 14.2 Å². The summed E-state index contributed by atoms with van der Waals surface area (Å²) in [5, 5.41) is 6.50. The van der Waals surface area contributed by atoms with E-state index in [0.29, 0.717) is 19.0 Å². The minimum absolute atomic E-state index is 0.0613. The van der Waals surface area contributed by atoms with Gasteiger partial charge in [-0.05, 0) is 28.8 Å². The summed E-state index contributed by atoms with van der Waals surface area (Å²) in [7, 11) is 0.356. The third-order valence-corrected chi connectivity index (χ3v) is 4.61. The molecule has 0 atom stereocenters. The van der Waals surface area contributed by atoms with E-state index in [-0.39, 0.29) is 5.75 Å². The summed E-state index contributed by atoms with van der Waals surface area (Å²) >= 11 is 0. The van der Waals surface area contributed by atoms with Gasteiger partial charge in [-0.25, -0.2) is 8.42 Å². The second kappa shape index (κ2) is 9.24. The molecule has 140 valence electrons. The van der Waals surface area contributed by atoms with Crippen LogP contribution in [0.3, 0.4) is 0 Å². The number of methoxy groups -OCH3 is 1. The molecule has 7 heteroatoms. The number of hydrogen-bond donors (Lipinski definition) is 2. The van der Waals surface area contributed by atoms with Crippen LogP contribution < -0.4 is 15.4 Å². The van der Waals surface area contributed by atoms with Crippen LogP contribution in [0.1, 0.15) is 16.7 Å². The van der Waals surface area contributed by atoms with Crippen LogP contribution in [0.2, 0.25) is 0 Å². The van der Waals surface area contributed by atoms with Crippen molar-refractivity contribution in [3.63, 3.8) is 0 Å². The van der Waals surface area contributed by atoms with Gasteiger partial charge in [0, 0.05) is 26.4 Å². The van der Waals surface area contributed by atoms with Gasteiger partial charge in [0.2, 0.25) is 0 Å². The largest absolute Gasteiger partial charge is 0.497 e. The Morgan fingerprint density at radius 2 is 1.38 bits per heavy atom. The zero-order valence-electron chi connectivity index (χ0n) is 15.3. The molecule has 0 radical (unpaired) electrons. The second-order valence-electron chi connectivity index (χ2n) is 6.01. The zero-order chi connectivity index (χ0) is 19.0. The van der Waals surface area contributed by atoms with Crippen molar-refractivity contribution in [2.45, 2.75) is 18.8 Å². The molecular formula is C19H25N3O3S. The Labute approximate surface area is 155 Å². The lowest BCUT2D eigenvalue weighted by Gasteiger charge is -2.12. The van der Waals surface area contributed by atoms with Crippen molar-refractivity contribution in [1.29, 1.82) is 0 Å². The average molecular weight is 375 g/mol. The fourth-order valence-electron chi connectivity index (χ4n) is 2.39. The highest BCUT2D eigenvalue weighted by molar-refractivity contribution is 7.89. The maximum atomic E-state index is 11.3. The summed E-state index contributed by atoms with van der Waals surface area (Å²) in [6.07, 6.45) is 1.24. The highest BCUT2D eigenvalue weighted by Gasteiger charge is 2.05. The molecule has 0 heterocycles. The molecule has 2 N–H and O–H groups in total. The van der Waals surface area contributed by atoms with Crippen LogP contribution in [-0.4, -0.2) is 34.8 Å². The van der Waals surface area contributed by atoms with E-state index in [4.69, 9.17) is 4.74 Å². The van der Waals surface area contributed by atoms with E-state index >= 15 is 0 Å². The molecule has 0 spiro atoms. The molecule has 2 aromatic carbocycles. The number of hydrogen-bond acceptors (Lipinski definition) is 4. The van der Waals surface area contributed by atoms with Crippen LogP contribution >= 0.6 is 0 Å².